The topological polar surface area (TPSA) is 116 Å². The number of ether oxygens (including phenoxy) is 1. The van der Waals surface area contributed by atoms with Crippen molar-refractivity contribution < 1.29 is 18.1 Å². The molecule has 2 aromatic carbocycles. The number of benzene rings is 2. The van der Waals surface area contributed by atoms with Crippen LogP contribution in [0.4, 0.5) is 11.4 Å². The number of primary sulfonamides is 1. The van der Waals surface area contributed by atoms with Gasteiger partial charge in [0, 0.05) is 25.2 Å². The highest BCUT2D eigenvalue weighted by Crippen LogP contribution is 2.33. The van der Waals surface area contributed by atoms with Gasteiger partial charge in [-0.25, -0.2) is 13.6 Å². The number of fused-ring (bicyclic) bond motifs is 1. The fraction of sp³-hybridized carbons (Fsp3) is 0.250. The lowest BCUT2D eigenvalue weighted by Gasteiger charge is -2.32. The summed E-state index contributed by atoms with van der Waals surface area (Å²) in [7, 11) is -2.52. The predicted octanol–water partition coefficient (Wildman–Crippen LogP) is 1.81. The Bertz CT molecular complexity index is 943. The number of methoxy groups -OCH3 is 1. The maximum Gasteiger partial charge on any atom is 0.270 e. The number of nitro groups is 1. The molecule has 0 aliphatic carbocycles. The van der Waals surface area contributed by atoms with E-state index in [0.29, 0.717) is 18.8 Å². The third-order valence-electron chi connectivity index (χ3n) is 4.23. The van der Waals surface area contributed by atoms with Crippen molar-refractivity contribution in [1.82, 2.24) is 0 Å². The molecule has 1 aliphatic heterocycles. The van der Waals surface area contributed by atoms with Gasteiger partial charge in [0.25, 0.3) is 5.69 Å². The Kier molecular flexibility index (Phi) is 4.36. The Hall–Kier alpha value is -2.65. The summed E-state index contributed by atoms with van der Waals surface area (Å²) >= 11 is 0. The minimum atomic E-state index is -4.10. The maximum atomic E-state index is 11.9. The zero-order chi connectivity index (χ0) is 18.2. The molecule has 8 nitrogen and oxygen atoms in total. The minimum Gasteiger partial charge on any atom is -0.497 e. The van der Waals surface area contributed by atoms with Crippen LogP contribution in [0, 0.1) is 10.1 Å². The molecule has 0 amide bonds. The van der Waals surface area contributed by atoms with Crippen LogP contribution in [0.1, 0.15) is 11.1 Å². The van der Waals surface area contributed by atoms with Crippen molar-refractivity contribution in [1.29, 1.82) is 0 Å². The Labute approximate surface area is 145 Å². The molecule has 2 N–H and O–H groups in total. The third kappa shape index (κ3) is 3.42. The summed E-state index contributed by atoms with van der Waals surface area (Å²) in [5.41, 5.74) is 2.23. The summed E-state index contributed by atoms with van der Waals surface area (Å²) < 4.78 is 29.1. The van der Waals surface area contributed by atoms with Gasteiger partial charge in [-0.2, -0.15) is 0 Å². The van der Waals surface area contributed by atoms with Gasteiger partial charge in [0.2, 0.25) is 10.0 Å². The third-order valence-corrected chi connectivity index (χ3v) is 5.17. The molecule has 0 unspecified atom stereocenters. The van der Waals surface area contributed by atoms with Crippen LogP contribution >= 0.6 is 0 Å². The van der Waals surface area contributed by atoms with E-state index >= 15 is 0 Å². The standard InChI is InChI=1S/C16H17N3O5S/c1-24-14-4-2-11-6-7-18(10-12(11)8-14)15-5-3-13(19(20)21)9-16(15)25(17,22)23/h2-5,8-9H,6-7,10H2,1H3,(H2,17,22,23). The summed E-state index contributed by atoms with van der Waals surface area (Å²) in [4.78, 5) is 11.9. The molecule has 1 heterocycles. The first-order chi connectivity index (χ1) is 11.8. The minimum absolute atomic E-state index is 0.243. The molecule has 0 fully saturated rings. The molecule has 0 saturated carbocycles. The van der Waals surface area contributed by atoms with Crippen LogP contribution in [0.5, 0.6) is 5.75 Å². The first-order valence-electron chi connectivity index (χ1n) is 7.51. The predicted molar refractivity (Wildman–Crippen MR) is 92.2 cm³/mol. The normalized spacial score (nSPS) is 14.1. The van der Waals surface area contributed by atoms with Crippen molar-refractivity contribution in [2.45, 2.75) is 17.9 Å². The smallest absolute Gasteiger partial charge is 0.270 e. The van der Waals surface area contributed by atoms with E-state index in [0.717, 1.165) is 29.4 Å². The molecule has 25 heavy (non-hydrogen) atoms. The van der Waals surface area contributed by atoms with Gasteiger partial charge in [0.15, 0.2) is 0 Å². The van der Waals surface area contributed by atoms with Crippen LogP contribution in [-0.2, 0) is 23.0 Å². The summed E-state index contributed by atoms with van der Waals surface area (Å²) in [5, 5.41) is 16.2. The SMILES string of the molecule is COc1ccc2c(c1)CN(c1ccc([N+](=O)[O-])cc1S(N)(=O)=O)CC2. The fourth-order valence-electron chi connectivity index (χ4n) is 2.97. The molecular formula is C16H17N3O5S. The van der Waals surface area contributed by atoms with Crippen molar-refractivity contribution >= 4 is 21.4 Å². The van der Waals surface area contributed by atoms with E-state index in [-0.39, 0.29) is 10.6 Å². The molecule has 0 atom stereocenters. The molecule has 1 aliphatic rings. The first kappa shape index (κ1) is 17.2. The monoisotopic (exact) mass is 363 g/mol. The number of sulfonamides is 1. The molecule has 0 spiro atoms. The highest BCUT2D eigenvalue weighted by Gasteiger charge is 2.25. The second kappa shape index (κ2) is 6.34. The van der Waals surface area contributed by atoms with E-state index in [1.807, 2.05) is 23.1 Å². The number of non-ortho nitro benzene ring substituents is 1. The number of hydrogen-bond acceptors (Lipinski definition) is 6. The van der Waals surface area contributed by atoms with Crippen LogP contribution in [-0.4, -0.2) is 27.0 Å². The van der Waals surface area contributed by atoms with E-state index in [4.69, 9.17) is 9.88 Å². The van der Waals surface area contributed by atoms with Gasteiger partial charge in [-0.3, -0.25) is 10.1 Å². The number of nitrogens with zero attached hydrogens (tertiary/aromatic N) is 2. The fourth-order valence-corrected chi connectivity index (χ4v) is 3.75. The van der Waals surface area contributed by atoms with Crippen LogP contribution < -0.4 is 14.8 Å². The number of hydrogen-bond donors (Lipinski definition) is 1. The van der Waals surface area contributed by atoms with Crippen LogP contribution in [0.3, 0.4) is 0 Å². The molecule has 2 aromatic rings. The lowest BCUT2D eigenvalue weighted by molar-refractivity contribution is -0.385. The second-order valence-corrected chi connectivity index (χ2v) is 7.29. The van der Waals surface area contributed by atoms with E-state index in [9.17, 15) is 18.5 Å². The summed E-state index contributed by atoms with van der Waals surface area (Å²) in [6.45, 7) is 1.05. The van der Waals surface area contributed by atoms with Crippen molar-refractivity contribution in [3.05, 3.63) is 57.6 Å². The van der Waals surface area contributed by atoms with Gasteiger partial charge >= 0.3 is 0 Å². The largest absolute Gasteiger partial charge is 0.497 e. The molecular weight excluding hydrogens is 346 g/mol. The lowest BCUT2D eigenvalue weighted by Crippen LogP contribution is -2.32. The van der Waals surface area contributed by atoms with Gasteiger partial charge in [0.1, 0.15) is 10.6 Å². The Morgan fingerprint density at radius 3 is 2.60 bits per heavy atom. The molecule has 0 aromatic heterocycles. The Balaban J connectivity index is 2.03. The number of rotatable bonds is 4. The summed E-state index contributed by atoms with van der Waals surface area (Å²) in [5.74, 6) is 0.718. The van der Waals surface area contributed by atoms with Crippen molar-refractivity contribution in [3.8, 4) is 5.75 Å². The first-order valence-corrected chi connectivity index (χ1v) is 9.06. The van der Waals surface area contributed by atoms with E-state index < -0.39 is 14.9 Å². The quantitative estimate of drug-likeness (QED) is 0.654. The average molecular weight is 363 g/mol. The van der Waals surface area contributed by atoms with Crippen molar-refractivity contribution in [2.24, 2.45) is 5.14 Å². The Morgan fingerprint density at radius 1 is 1.20 bits per heavy atom. The summed E-state index contributed by atoms with van der Waals surface area (Å²) in [6, 6.07) is 9.50. The molecule has 0 radical (unpaired) electrons. The highest BCUT2D eigenvalue weighted by atomic mass is 32.2. The maximum absolute atomic E-state index is 11.9. The highest BCUT2D eigenvalue weighted by molar-refractivity contribution is 7.89. The van der Waals surface area contributed by atoms with Gasteiger partial charge in [-0.05, 0) is 35.7 Å². The zero-order valence-electron chi connectivity index (χ0n) is 13.5. The van der Waals surface area contributed by atoms with Gasteiger partial charge in [0.05, 0.1) is 17.7 Å². The lowest BCUT2D eigenvalue weighted by atomic mass is 9.99. The Morgan fingerprint density at radius 2 is 1.96 bits per heavy atom. The summed E-state index contributed by atoms with van der Waals surface area (Å²) in [6.07, 6.45) is 0.723. The van der Waals surface area contributed by atoms with Gasteiger partial charge in [-0.1, -0.05) is 6.07 Å². The molecule has 3 rings (SSSR count). The number of anilines is 1. The molecule has 132 valence electrons. The zero-order valence-corrected chi connectivity index (χ0v) is 14.3. The number of nitrogens with two attached hydrogens (primary N) is 1. The second-order valence-electron chi connectivity index (χ2n) is 5.76. The average Bonchev–Trinajstić information content (AvgIpc) is 2.59. The van der Waals surface area contributed by atoms with Crippen LogP contribution in [0.25, 0.3) is 0 Å². The number of nitro benzene ring substituents is 1. The molecule has 9 heteroatoms. The van der Waals surface area contributed by atoms with E-state index in [2.05, 4.69) is 0 Å². The van der Waals surface area contributed by atoms with Crippen molar-refractivity contribution in [2.75, 3.05) is 18.6 Å². The van der Waals surface area contributed by atoms with E-state index in [1.54, 1.807) is 7.11 Å². The molecule has 0 saturated heterocycles. The van der Waals surface area contributed by atoms with Crippen LogP contribution in [0.2, 0.25) is 0 Å². The van der Waals surface area contributed by atoms with Crippen LogP contribution in [0.15, 0.2) is 41.3 Å². The van der Waals surface area contributed by atoms with Crippen molar-refractivity contribution in [3.63, 3.8) is 0 Å². The van der Waals surface area contributed by atoms with E-state index in [1.165, 1.54) is 12.1 Å². The molecule has 0 bridgehead atoms. The van der Waals surface area contributed by atoms with Gasteiger partial charge in [-0.15, -0.1) is 0 Å². The van der Waals surface area contributed by atoms with Gasteiger partial charge < -0.3 is 9.64 Å².